The van der Waals surface area contributed by atoms with Crippen LogP contribution in [0.1, 0.15) is 81.8 Å². The van der Waals surface area contributed by atoms with Crippen molar-refractivity contribution in [2.24, 2.45) is 0 Å². The second kappa shape index (κ2) is 12.2. The lowest BCUT2D eigenvalue weighted by Crippen LogP contribution is -2.62. The lowest BCUT2D eigenvalue weighted by atomic mass is 9.68. The molecule has 2 heterocycles. The topological polar surface area (TPSA) is 40.6 Å². The van der Waals surface area contributed by atoms with Gasteiger partial charge in [0.15, 0.2) is 11.6 Å². The molecule has 0 radical (unpaired) electrons. The van der Waals surface area contributed by atoms with Crippen LogP contribution >= 0.6 is 0 Å². The Morgan fingerprint density at radius 1 is 0.367 bits per heavy atom. The van der Waals surface area contributed by atoms with E-state index in [0.29, 0.717) is 0 Å². The molecule has 0 unspecified atom stereocenters. The lowest BCUT2D eigenvalue weighted by Gasteiger charge is -2.46. The van der Waals surface area contributed by atoms with Crippen LogP contribution in [0.25, 0.3) is 0 Å². The zero-order chi connectivity index (χ0) is 41.7. The fourth-order valence-electron chi connectivity index (χ4n) is 11.3. The van der Waals surface area contributed by atoms with Gasteiger partial charge in [-0.25, -0.2) is 0 Å². The van der Waals surface area contributed by atoms with Gasteiger partial charge in [0.25, 0.3) is 0 Å². The van der Waals surface area contributed by atoms with Crippen LogP contribution in [0.3, 0.4) is 0 Å². The molecule has 4 nitrogen and oxygen atoms in total. The number of nitrogens with zero attached hydrogens (tertiary/aromatic N) is 2. The molecule has 2 aliphatic carbocycles. The molecular weight excluding hydrogens is 765 g/mol. The standard InChI is InChI=1S/C54H48N2O2Si2/c1-53(2)39-19-11-9-17-35(39)51(57)37-27-25-33(29-41(37)53)55-43-21-13-15-23-47(43)59(5,6)49-32-46-50(31-45(49)55)60(7,8)48-24-16-14-22-44(48)56(46)34-26-28-38-42(30-34)54(3,4)40-20-12-10-18-36(40)52(38)58/h9-32H,1-8H3. The van der Waals surface area contributed by atoms with E-state index < -0.39 is 16.1 Å². The average Bonchev–Trinajstić information content (AvgIpc) is 3.25. The Kier molecular flexibility index (Phi) is 7.54. The zero-order valence-corrected chi connectivity index (χ0v) is 37.6. The number of carbonyl (C=O) groups is 2. The molecule has 2 aliphatic heterocycles. The first kappa shape index (κ1) is 37.0. The van der Waals surface area contributed by atoms with Crippen LogP contribution in [0.5, 0.6) is 0 Å². The first-order chi connectivity index (χ1) is 28.6. The predicted octanol–water partition coefficient (Wildman–Crippen LogP) is 10.6. The van der Waals surface area contributed by atoms with Gasteiger partial charge < -0.3 is 9.80 Å². The van der Waals surface area contributed by atoms with Gasteiger partial charge in [-0.15, -0.1) is 0 Å². The maximum absolute atomic E-state index is 14.0. The maximum atomic E-state index is 14.0. The molecule has 0 saturated heterocycles. The fraction of sp³-hybridized carbons (Fsp3) is 0.185. The Morgan fingerprint density at radius 2 is 0.717 bits per heavy atom. The molecule has 7 aromatic carbocycles. The van der Waals surface area contributed by atoms with Crippen LogP contribution in [-0.2, 0) is 10.8 Å². The Hall–Kier alpha value is -6.09. The molecule has 60 heavy (non-hydrogen) atoms. The summed E-state index contributed by atoms with van der Waals surface area (Å²) >= 11 is 0. The average molecular weight is 813 g/mol. The molecule has 0 saturated carbocycles. The highest BCUT2D eigenvalue weighted by Crippen LogP contribution is 2.49. The third-order valence-electron chi connectivity index (χ3n) is 14.6. The molecule has 7 aromatic rings. The number of hydrogen-bond acceptors (Lipinski definition) is 4. The van der Waals surface area contributed by atoms with Gasteiger partial charge in [0.05, 0.1) is 0 Å². The summed E-state index contributed by atoms with van der Waals surface area (Å²) < 4.78 is 0. The molecule has 0 spiro atoms. The molecule has 0 fully saturated rings. The Labute approximate surface area is 355 Å². The van der Waals surface area contributed by atoms with Crippen LogP contribution in [0, 0.1) is 0 Å². The second-order valence-corrected chi connectivity index (χ2v) is 28.0. The van der Waals surface area contributed by atoms with Crippen LogP contribution < -0.4 is 30.5 Å². The number of para-hydroxylation sites is 2. The minimum atomic E-state index is -2.30. The van der Waals surface area contributed by atoms with Gasteiger partial charge in [-0.05, 0) is 104 Å². The molecule has 0 bridgehead atoms. The number of hydrogen-bond donors (Lipinski definition) is 0. The summed E-state index contributed by atoms with van der Waals surface area (Å²) in [5.41, 5.74) is 13.8. The first-order valence-corrected chi connectivity index (χ1v) is 27.2. The van der Waals surface area contributed by atoms with E-state index >= 15 is 0 Å². The van der Waals surface area contributed by atoms with E-state index in [1.54, 1.807) is 0 Å². The predicted molar refractivity (Wildman–Crippen MR) is 253 cm³/mol. The van der Waals surface area contributed by atoms with Gasteiger partial charge in [0.2, 0.25) is 0 Å². The van der Waals surface area contributed by atoms with Crippen LogP contribution in [0.4, 0.5) is 34.1 Å². The summed E-state index contributed by atoms with van der Waals surface area (Å²) in [5, 5.41) is 5.55. The lowest BCUT2D eigenvalue weighted by molar-refractivity contribution is 0.102. The van der Waals surface area contributed by atoms with Crippen molar-refractivity contribution >= 4 is 82.6 Å². The molecule has 0 atom stereocenters. The van der Waals surface area contributed by atoms with Crippen molar-refractivity contribution in [2.45, 2.75) is 64.7 Å². The third-order valence-corrected chi connectivity index (χ3v) is 21.7. The van der Waals surface area contributed by atoms with Crippen molar-refractivity contribution in [1.82, 2.24) is 0 Å². The van der Waals surface area contributed by atoms with E-state index in [1.165, 1.54) is 43.5 Å². The summed E-state index contributed by atoms with van der Waals surface area (Å²) in [4.78, 5) is 33.0. The minimum absolute atomic E-state index is 0.0965. The van der Waals surface area contributed by atoms with Crippen LogP contribution in [0.15, 0.2) is 146 Å². The van der Waals surface area contributed by atoms with Gasteiger partial charge in [-0.3, -0.25) is 9.59 Å². The van der Waals surface area contributed by atoms with Crippen molar-refractivity contribution in [3.8, 4) is 0 Å². The molecule has 11 rings (SSSR count). The number of ketones is 2. The molecule has 0 aromatic heterocycles. The largest absolute Gasteiger partial charge is 0.311 e. The van der Waals surface area contributed by atoms with E-state index in [9.17, 15) is 9.59 Å². The quantitative estimate of drug-likeness (QED) is 0.163. The summed E-state index contributed by atoms with van der Waals surface area (Å²) in [6.07, 6.45) is 0. The number of carbonyl (C=O) groups excluding carboxylic acids is 2. The summed E-state index contributed by atoms with van der Waals surface area (Å²) in [5.74, 6) is 0.193. The number of fused-ring (bicyclic) bond motifs is 8. The van der Waals surface area contributed by atoms with Crippen molar-refractivity contribution in [3.63, 3.8) is 0 Å². The van der Waals surface area contributed by atoms with Crippen molar-refractivity contribution in [2.75, 3.05) is 9.80 Å². The molecular formula is C54H48N2O2Si2. The van der Waals surface area contributed by atoms with E-state index in [4.69, 9.17) is 0 Å². The maximum Gasteiger partial charge on any atom is 0.193 e. The van der Waals surface area contributed by atoms with E-state index in [0.717, 1.165) is 55.9 Å². The van der Waals surface area contributed by atoms with Gasteiger partial charge >= 0.3 is 0 Å². The molecule has 6 heteroatoms. The summed E-state index contributed by atoms with van der Waals surface area (Å²) in [7, 11) is -4.59. The zero-order valence-electron chi connectivity index (χ0n) is 35.6. The van der Waals surface area contributed by atoms with Crippen molar-refractivity contribution in [1.29, 1.82) is 0 Å². The monoisotopic (exact) mass is 812 g/mol. The summed E-state index contributed by atoms with van der Waals surface area (Å²) in [6.45, 7) is 19.0. The van der Waals surface area contributed by atoms with E-state index in [2.05, 4.69) is 173 Å². The number of rotatable bonds is 2. The number of anilines is 6. The van der Waals surface area contributed by atoms with Gasteiger partial charge in [-0.1, -0.05) is 139 Å². The minimum Gasteiger partial charge on any atom is -0.311 e. The Balaban J connectivity index is 1.15. The Bertz CT molecular complexity index is 2860. The second-order valence-electron chi connectivity index (χ2n) is 19.3. The van der Waals surface area contributed by atoms with E-state index in [1.807, 2.05) is 36.4 Å². The molecule has 4 aliphatic rings. The van der Waals surface area contributed by atoms with Crippen LogP contribution in [-0.4, -0.2) is 27.7 Å². The molecule has 0 amide bonds. The molecule has 0 N–H and O–H groups in total. The fourth-order valence-corrected chi connectivity index (χ4v) is 17.2. The van der Waals surface area contributed by atoms with Gasteiger partial charge in [0, 0.05) is 67.2 Å². The highest BCUT2D eigenvalue weighted by Gasteiger charge is 2.46. The number of benzene rings is 7. The SMILES string of the molecule is CC1(C)c2ccccc2C(=O)c2ccc(N3c4ccccc4[Si](C)(C)c4cc5c(cc43)[Si](C)(C)c3ccccc3N5c3ccc4c(c3)C(C)(C)c3ccccc3C4=O)cc21. The Morgan fingerprint density at radius 3 is 1.13 bits per heavy atom. The highest BCUT2D eigenvalue weighted by atomic mass is 28.3. The van der Waals surface area contributed by atoms with Gasteiger partial charge in [-0.2, -0.15) is 0 Å². The van der Waals surface area contributed by atoms with Crippen molar-refractivity contribution in [3.05, 3.63) is 190 Å². The van der Waals surface area contributed by atoms with Crippen molar-refractivity contribution < 1.29 is 9.59 Å². The third kappa shape index (κ3) is 4.77. The first-order valence-electron chi connectivity index (χ1n) is 21.2. The van der Waals surface area contributed by atoms with Gasteiger partial charge in [0.1, 0.15) is 16.1 Å². The smallest absolute Gasteiger partial charge is 0.193 e. The highest BCUT2D eigenvalue weighted by molar-refractivity contribution is 7.04. The normalized spacial score (nSPS) is 17.9. The van der Waals surface area contributed by atoms with Crippen LogP contribution in [0.2, 0.25) is 26.2 Å². The summed E-state index contributed by atoms with van der Waals surface area (Å²) in [6, 6.07) is 52.3. The van der Waals surface area contributed by atoms with E-state index in [-0.39, 0.29) is 22.4 Å². The molecule has 294 valence electrons.